The number of benzene rings is 2. The zero-order valence-corrected chi connectivity index (χ0v) is 20.5. The summed E-state index contributed by atoms with van der Waals surface area (Å²) in [6.45, 7) is 4.51. The molecule has 3 heterocycles. The van der Waals surface area contributed by atoms with Crippen molar-refractivity contribution in [2.75, 3.05) is 13.1 Å². The Kier molecular flexibility index (Phi) is 6.88. The van der Waals surface area contributed by atoms with E-state index in [2.05, 4.69) is 41.5 Å². The van der Waals surface area contributed by atoms with E-state index in [1.54, 1.807) is 11.2 Å². The third kappa shape index (κ3) is 5.11. The highest BCUT2D eigenvalue weighted by molar-refractivity contribution is 6.31. The molecule has 1 N–H and O–H groups in total. The number of piperidine rings is 1. The Morgan fingerprint density at radius 1 is 1.11 bits per heavy atom. The summed E-state index contributed by atoms with van der Waals surface area (Å²) >= 11 is 6.18. The zero-order valence-electron chi connectivity index (χ0n) is 19.7. The van der Waals surface area contributed by atoms with E-state index in [-0.39, 0.29) is 23.8 Å². The molecule has 0 saturated carbocycles. The zero-order chi connectivity index (χ0) is 24.4. The van der Waals surface area contributed by atoms with Crippen molar-refractivity contribution < 1.29 is 14.3 Å². The number of rotatable bonds is 5. The second-order valence-corrected chi connectivity index (χ2v) is 9.69. The summed E-state index contributed by atoms with van der Waals surface area (Å²) in [5, 5.41) is 3.63. The first kappa shape index (κ1) is 23.6. The van der Waals surface area contributed by atoms with Crippen molar-refractivity contribution >= 4 is 23.4 Å². The van der Waals surface area contributed by atoms with Crippen LogP contribution in [0.15, 0.2) is 54.9 Å². The van der Waals surface area contributed by atoms with Crippen LogP contribution >= 0.6 is 11.6 Å². The van der Waals surface area contributed by atoms with Gasteiger partial charge in [-0.15, -0.1) is 0 Å². The van der Waals surface area contributed by atoms with Crippen LogP contribution in [0.1, 0.15) is 51.8 Å². The molecule has 35 heavy (non-hydrogen) atoms. The molecule has 1 saturated heterocycles. The monoisotopic (exact) mass is 492 g/mol. The molecule has 8 heteroatoms. The number of ether oxygens (including phenoxy) is 1. The number of halogens is 1. The summed E-state index contributed by atoms with van der Waals surface area (Å²) in [6.07, 6.45) is 2.94. The summed E-state index contributed by atoms with van der Waals surface area (Å²) in [6, 6.07) is 15.8. The van der Waals surface area contributed by atoms with E-state index < -0.39 is 0 Å². The van der Waals surface area contributed by atoms with Crippen molar-refractivity contribution in [3.05, 3.63) is 88.0 Å². The van der Waals surface area contributed by atoms with Gasteiger partial charge < -0.3 is 19.5 Å². The van der Waals surface area contributed by atoms with Gasteiger partial charge in [-0.25, -0.2) is 4.98 Å². The van der Waals surface area contributed by atoms with Gasteiger partial charge >= 0.3 is 0 Å². The fraction of sp³-hybridized carbons (Fsp3) is 0.370. The minimum atomic E-state index is -0.115. The van der Waals surface area contributed by atoms with E-state index >= 15 is 0 Å². The van der Waals surface area contributed by atoms with Gasteiger partial charge in [-0.05, 0) is 37.0 Å². The molecule has 0 aliphatic carbocycles. The highest BCUT2D eigenvalue weighted by Gasteiger charge is 2.32. The first-order valence-corrected chi connectivity index (χ1v) is 12.4. The standard InChI is InChI=1S/C27H29ClN4O3/c1-18-6-8-19(9-7-18)24-15-32-17-30-25(23(32)16-35-24)27(34)31-12-10-20(11-13-31)26(33)29-14-21-4-2-3-5-22(21)28/h2-9,17,20,24H,10-16H2,1H3,(H,29,33)/t24-/m1/s1. The molecule has 2 aromatic carbocycles. The van der Waals surface area contributed by atoms with Gasteiger partial charge in [0, 0.05) is 30.6 Å². The van der Waals surface area contributed by atoms with Crippen LogP contribution in [0.2, 0.25) is 5.02 Å². The fourth-order valence-electron chi connectivity index (χ4n) is 4.75. The van der Waals surface area contributed by atoms with Gasteiger partial charge in [0.2, 0.25) is 5.91 Å². The highest BCUT2D eigenvalue weighted by atomic mass is 35.5. The molecule has 2 amide bonds. The number of hydrogen-bond acceptors (Lipinski definition) is 4. The maximum atomic E-state index is 13.2. The van der Waals surface area contributed by atoms with Crippen LogP contribution in [0, 0.1) is 12.8 Å². The van der Waals surface area contributed by atoms with Gasteiger partial charge in [-0.2, -0.15) is 0 Å². The number of hydrogen-bond donors (Lipinski definition) is 1. The summed E-state index contributed by atoms with van der Waals surface area (Å²) in [5.41, 5.74) is 4.50. The van der Waals surface area contributed by atoms with Crippen LogP contribution in [0.25, 0.3) is 0 Å². The Morgan fingerprint density at radius 3 is 2.60 bits per heavy atom. The Morgan fingerprint density at radius 2 is 1.86 bits per heavy atom. The van der Waals surface area contributed by atoms with Crippen molar-refractivity contribution in [3.8, 4) is 0 Å². The minimum absolute atomic E-state index is 0.00642. The lowest BCUT2D eigenvalue weighted by molar-refractivity contribution is -0.126. The van der Waals surface area contributed by atoms with Crippen LogP contribution in [-0.4, -0.2) is 39.4 Å². The molecular formula is C27H29ClN4O3. The fourth-order valence-corrected chi connectivity index (χ4v) is 4.95. The number of imidazole rings is 1. The third-order valence-corrected chi connectivity index (χ3v) is 7.31. The molecule has 3 aromatic rings. The number of likely N-dealkylation sites (tertiary alicyclic amines) is 1. The molecule has 1 aromatic heterocycles. The van der Waals surface area contributed by atoms with Crippen molar-refractivity contribution in [2.24, 2.45) is 5.92 Å². The number of carbonyl (C=O) groups excluding carboxylic acids is 2. The molecule has 2 aliphatic heterocycles. The Labute approximate surface area is 210 Å². The van der Waals surface area contributed by atoms with E-state index in [1.165, 1.54) is 5.56 Å². The number of amides is 2. The van der Waals surface area contributed by atoms with Gasteiger partial charge in [0.05, 0.1) is 25.2 Å². The number of aryl methyl sites for hydroxylation is 1. The summed E-state index contributed by atoms with van der Waals surface area (Å²) in [7, 11) is 0. The van der Waals surface area contributed by atoms with Gasteiger partial charge in [-0.1, -0.05) is 59.6 Å². The van der Waals surface area contributed by atoms with Crippen LogP contribution in [0.5, 0.6) is 0 Å². The lowest BCUT2D eigenvalue weighted by Gasteiger charge is -2.31. The van der Waals surface area contributed by atoms with Crippen LogP contribution in [0.3, 0.4) is 0 Å². The quantitative estimate of drug-likeness (QED) is 0.576. The molecule has 2 aliphatic rings. The van der Waals surface area contributed by atoms with Crippen LogP contribution in [0.4, 0.5) is 0 Å². The second-order valence-electron chi connectivity index (χ2n) is 9.28. The maximum Gasteiger partial charge on any atom is 0.274 e. The normalized spacial score (nSPS) is 18.2. The maximum absolute atomic E-state index is 13.2. The summed E-state index contributed by atoms with van der Waals surface area (Å²) in [5.74, 6) is -0.200. The smallest absolute Gasteiger partial charge is 0.274 e. The summed E-state index contributed by atoms with van der Waals surface area (Å²) < 4.78 is 8.12. The number of nitrogens with zero attached hydrogens (tertiary/aromatic N) is 3. The molecule has 1 atom stereocenters. The Bertz CT molecular complexity index is 1220. The van der Waals surface area contributed by atoms with Gasteiger partial charge in [-0.3, -0.25) is 9.59 Å². The van der Waals surface area contributed by atoms with E-state index in [0.29, 0.717) is 56.3 Å². The number of fused-ring (bicyclic) bond motifs is 1. The largest absolute Gasteiger partial charge is 0.365 e. The summed E-state index contributed by atoms with van der Waals surface area (Å²) in [4.78, 5) is 32.1. The molecule has 182 valence electrons. The first-order chi connectivity index (χ1) is 17.0. The van der Waals surface area contributed by atoms with Crippen molar-refractivity contribution in [1.82, 2.24) is 19.8 Å². The average molecular weight is 493 g/mol. The van der Waals surface area contributed by atoms with E-state index in [9.17, 15) is 9.59 Å². The highest BCUT2D eigenvalue weighted by Crippen LogP contribution is 2.29. The number of aromatic nitrogens is 2. The van der Waals surface area contributed by atoms with E-state index in [4.69, 9.17) is 16.3 Å². The molecule has 1 fully saturated rings. The Balaban J connectivity index is 1.16. The Hall–Kier alpha value is -3.16. The number of nitrogens with one attached hydrogen (secondary N) is 1. The van der Waals surface area contributed by atoms with Crippen LogP contribution in [-0.2, 0) is 29.2 Å². The second kappa shape index (κ2) is 10.2. The molecule has 0 bridgehead atoms. The average Bonchev–Trinajstić information content (AvgIpc) is 3.31. The predicted octanol–water partition coefficient (Wildman–Crippen LogP) is 4.29. The lowest BCUT2D eigenvalue weighted by Crippen LogP contribution is -2.43. The van der Waals surface area contributed by atoms with Gasteiger partial charge in [0.25, 0.3) is 5.91 Å². The van der Waals surface area contributed by atoms with Crippen molar-refractivity contribution in [3.63, 3.8) is 0 Å². The van der Waals surface area contributed by atoms with Crippen molar-refractivity contribution in [1.29, 1.82) is 0 Å². The van der Waals surface area contributed by atoms with Crippen LogP contribution < -0.4 is 5.32 Å². The SMILES string of the molecule is Cc1ccc([C@H]2Cn3cnc(C(=O)N4CCC(C(=O)NCc5ccccc5Cl)CC4)c3CO2)cc1. The predicted molar refractivity (Wildman–Crippen MR) is 133 cm³/mol. The first-order valence-electron chi connectivity index (χ1n) is 12.0. The molecule has 7 nitrogen and oxygen atoms in total. The molecule has 5 rings (SSSR count). The topological polar surface area (TPSA) is 76.5 Å². The molecule has 0 radical (unpaired) electrons. The lowest BCUT2D eigenvalue weighted by atomic mass is 9.95. The minimum Gasteiger partial charge on any atom is -0.365 e. The van der Waals surface area contributed by atoms with E-state index in [0.717, 1.165) is 16.8 Å². The third-order valence-electron chi connectivity index (χ3n) is 6.95. The van der Waals surface area contributed by atoms with Gasteiger partial charge in [0.15, 0.2) is 5.69 Å². The molecular weight excluding hydrogens is 464 g/mol. The number of carbonyl (C=O) groups is 2. The molecule has 0 unspecified atom stereocenters. The van der Waals surface area contributed by atoms with E-state index in [1.807, 2.05) is 28.8 Å². The molecule has 0 spiro atoms. The van der Waals surface area contributed by atoms with Crippen molar-refractivity contribution in [2.45, 2.75) is 45.6 Å². The van der Waals surface area contributed by atoms with Gasteiger partial charge in [0.1, 0.15) is 6.10 Å².